The Balaban J connectivity index is 1.84. The van der Waals surface area contributed by atoms with Gasteiger partial charge in [-0.1, -0.05) is 24.3 Å². The van der Waals surface area contributed by atoms with Crippen LogP contribution in [0.25, 0.3) is 0 Å². The molecule has 0 aliphatic heterocycles. The van der Waals surface area contributed by atoms with E-state index >= 15 is 0 Å². The second-order valence-corrected chi connectivity index (χ2v) is 5.95. The topological polar surface area (TPSA) is 36.4 Å². The van der Waals surface area contributed by atoms with Gasteiger partial charge in [0.2, 0.25) is 0 Å². The Bertz CT molecular complexity index is 717. The highest BCUT2D eigenvalue weighted by molar-refractivity contribution is 5.44. The van der Waals surface area contributed by atoms with Crippen LogP contribution in [0.15, 0.2) is 42.6 Å². The minimum Gasteiger partial charge on any atom is -0.383 e. The van der Waals surface area contributed by atoms with Crippen LogP contribution in [-0.2, 0) is 18.2 Å². The Morgan fingerprint density at radius 3 is 2.74 bits per heavy atom. The molecule has 0 amide bonds. The van der Waals surface area contributed by atoms with Crippen LogP contribution >= 0.6 is 0 Å². The Morgan fingerprint density at radius 1 is 1.26 bits per heavy atom. The quantitative estimate of drug-likeness (QED) is 0.941. The zero-order valence-electron chi connectivity index (χ0n) is 12.6. The van der Waals surface area contributed by atoms with Gasteiger partial charge >= 0.3 is 6.18 Å². The van der Waals surface area contributed by atoms with Gasteiger partial charge in [0.25, 0.3) is 0 Å². The molecule has 23 heavy (non-hydrogen) atoms. The highest BCUT2D eigenvalue weighted by Crippen LogP contribution is 2.38. The van der Waals surface area contributed by atoms with Crippen LogP contribution in [0.3, 0.4) is 0 Å². The molecule has 1 aromatic carbocycles. The summed E-state index contributed by atoms with van der Waals surface area (Å²) in [5.74, 6) is 0.192. The average Bonchev–Trinajstić information content (AvgIpc) is 2.84. The van der Waals surface area contributed by atoms with Crippen molar-refractivity contribution in [3.05, 3.63) is 59.3 Å². The predicted molar refractivity (Wildman–Crippen MR) is 81.2 cm³/mol. The van der Waals surface area contributed by atoms with Crippen molar-refractivity contribution in [2.45, 2.75) is 24.6 Å². The third-order valence-corrected chi connectivity index (χ3v) is 4.29. The number of aryl methyl sites for hydroxylation is 1. The lowest BCUT2D eigenvalue weighted by Crippen LogP contribution is -2.38. The van der Waals surface area contributed by atoms with Crippen molar-refractivity contribution >= 4 is 5.82 Å². The summed E-state index contributed by atoms with van der Waals surface area (Å²) < 4.78 is 38.4. The van der Waals surface area contributed by atoms with Crippen LogP contribution in [0.4, 0.5) is 19.0 Å². The first-order valence-electron chi connectivity index (χ1n) is 7.35. The van der Waals surface area contributed by atoms with Crippen molar-refractivity contribution in [2.24, 2.45) is 0 Å². The van der Waals surface area contributed by atoms with Crippen molar-refractivity contribution in [3.63, 3.8) is 0 Å². The summed E-state index contributed by atoms with van der Waals surface area (Å²) in [4.78, 5) is 5.56. The highest BCUT2D eigenvalue weighted by atomic mass is 19.4. The van der Waals surface area contributed by atoms with Crippen molar-refractivity contribution < 1.29 is 18.3 Å². The first kappa shape index (κ1) is 15.8. The maximum absolute atomic E-state index is 12.8. The number of fused-ring (bicyclic) bond motifs is 1. The molecule has 1 aliphatic rings. The molecule has 1 aliphatic carbocycles. The molecule has 1 aromatic heterocycles. The molecule has 1 N–H and O–H groups in total. The molecule has 6 heteroatoms. The minimum absolute atomic E-state index is 0.192. The fourth-order valence-electron chi connectivity index (χ4n) is 3.11. The van der Waals surface area contributed by atoms with Gasteiger partial charge in [0, 0.05) is 13.2 Å². The number of halogens is 3. The van der Waals surface area contributed by atoms with E-state index in [0.717, 1.165) is 35.9 Å². The van der Waals surface area contributed by atoms with E-state index in [4.69, 9.17) is 0 Å². The van der Waals surface area contributed by atoms with Crippen molar-refractivity contribution in [3.8, 4) is 0 Å². The summed E-state index contributed by atoms with van der Waals surface area (Å²) in [6.45, 7) is 0.193. The van der Waals surface area contributed by atoms with Gasteiger partial charge in [-0.05, 0) is 36.1 Å². The van der Waals surface area contributed by atoms with E-state index < -0.39 is 17.3 Å². The van der Waals surface area contributed by atoms with E-state index in [1.54, 1.807) is 11.9 Å². The number of pyridine rings is 1. The summed E-state index contributed by atoms with van der Waals surface area (Å²) in [6, 6.07) is 9.56. The normalized spacial score (nSPS) is 20.4. The van der Waals surface area contributed by atoms with Gasteiger partial charge in [-0.2, -0.15) is 13.2 Å². The smallest absolute Gasteiger partial charge is 0.383 e. The van der Waals surface area contributed by atoms with Crippen LogP contribution in [0.1, 0.15) is 23.1 Å². The zero-order valence-corrected chi connectivity index (χ0v) is 12.6. The molecule has 1 atom stereocenters. The number of nitrogens with zero attached hydrogens (tertiary/aromatic N) is 2. The summed E-state index contributed by atoms with van der Waals surface area (Å²) in [5, 5.41) is 10.9. The molecule has 2 aromatic rings. The molecule has 0 saturated heterocycles. The summed E-state index contributed by atoms with van der Waals surface area (Å²) in [7, 11) is 1.64. The summed E-state index contributed by atoms with van der Waals surface area (Å²) in [6.07, 6.45) is -1.96. The fraction of sp³-hybridized carbons (Fsp3) is 0.353. The third-order valence-electron chi connectivity index (χ3n) is 4.29. The van der Waals surface area contributed by atoms with Crippen LogP contribution in [0.5, 0.6) is 0 Å². The number of aliphatic hydroxyl groups is 1. The fourth-order valence-corrected chi connectivity index (χ4v) is 3.11. The average molecular weight is 322 g/mol. The van der Waals surface area contributed by atoms with Gasteiger partial charge in [-0.25, -0.2) is 4.98 Å². The Kier molecular flexibility index (Phi) is 3.80. The SMILES string of the molecule is CN(CC1(O)CCc2ccccc21)c1cc(C(F)(F)F)ccn1. The van der Waals surface area contributed by atoms with E-state index in [1.807, 2.05) is 24.3 Å². The molecule has 3 nitrogen and oxygen atoms in total. The number of benzene rings is 1. The number of rotatable bonds is 3. The molecule has 0 bridgehead atoms. The largest absolute Gasteiger partial charge is 0.416 e. The number of hydrogen-bond acceptors (Lipinski definition) is 3. The van der Waals surface area contributed by atoms with Crippen LogP contribution in [0, 0.1) is 0 Å². The van der Waals surface area contributed by atoms with Gasteiger partial charge in [0.1, 0.15) is 11.4 Å². The van der Waals surface area contributed by atoms with Crippen molar-refractivity contribution in [1.29, 1.82) is 0 Å². The monoisotopic (exact) mass is 322 g/mol. The lowest BCUT2D eigenvalue weighted by atomic mass is 9.95. The number of aromatic nitrogens is 1. The Labute approximate surface area is 132 Å². The molecule has 0 spiro atoms. The summed E-state index contributed by atoms with van der Waals surface area (Å²) >= 11 is 0. The minimum atomic E-state index is -4.41. The lowest BCUT2D eigenvalue weighted by molar-refractivity contribution is -0.137. The maximum atomic E-state index is 12.8. The van der Waals surface area contributed by atoms with E-state index in [-0.39, 0.29) is 12.4 Å². The molecule has 0 radical (unpaired) electrons. The van der Waals surface area contributed by atoms with Crippen molar-refractivity contribution in [2.75, 3.05) is 18.5 Å². The Hall–Kier alpha value is -2.08. The third kappa shape index (κ3) is 3.03. The molecule has 1 heterocycles. The van der Waals surface area contributed by atoms with Gasteiger partial charge in [0.15, 0.2) is 0 Å². The molecular formula is C17H17F3N2O. The lowest BCUT2D eigenvalue weighted by Gasteiger charge is -2.30. The van der Waals surface area contributed by atoms with E-state index in [1.165, 1.54) is 0 Å². The Morgan fingerprint density at radius 2 is 2.00 bits per heavy atom. The molecule has 3 rings (SSSR count). The van der Waals surface area contributed by atoms with Crippen LogP contribution in [0.2, 0.25) is 0 Å². The number of hydrogen-bond donors (Lipinski definition) is 1. The highest BCUT2D eigenvalue weighted by Gasteiger charge is 2.38. The maximum Gasteiger partial charge on any atom is 0.416 e. The van der Waals surface area contributed by atoms with E-state index in [2.05, 4.69) is 4.98 Å². The van der Waals surface area contributed by atoms with Crippen LogP contribution < -0.4 is 4.90 Å². The van der Waals surface area contributed by atoms with Gasteiger partial charge < -0.3 is 10.0 Å². The molecular weight excluding hydrogens is 305 g/mol. The second-order valence-electron chi connectivity index (χ2n) is 5.95. The van der Waals surface area contributed by atoms with E-state index in [0.29, 0.717) is 6.42 Å². The van der Waals surface area contributed by atoms with Gasteiger partial charge in [-0.15, -0.1) is 0 Å². The molecule has 0 fully saturated rings. The standard InChI is InChI=1S/C17H17F3N2O/c1-22(15-10-13(7-9-21-15)17(18,19)20)11-16(23)8-6-12-4-2-3-5-14(12)16/h2-5,7,9-10,23H,6,8,11H2,1H3. The molecule has 1 unspecified atom stereocenters. The number of anilines is 1. The zero-order chi connectivity index (χ0) is 16.7. The van der Waals surface area contributed by atoms with E-state index in [9.17, 15) is 18.3 Å². The predicted octanol–water partition coefficient (Wildman–Crippen LogP) is 3.37. The van der Waals surface area contributed by atoms with Gasteiger partial charge in [0.05, 0.1) is 12.1 Å². The molecule has 122 valence electrons. The first-order chi connectivity index (χ1) is 10.8. The second kappa shape index (κ2) is 5.53. The molecule has 0 saturated carbocycles. The first-order valence-corrected chi connectivity index (χ1v) is 7.35. The van der Waals surface area contributed by atoms with Gasteiger partial charge in [-0.3, -0.25) is 0 Å². The number of likely N-dealkylation sites (N-methyl/N-ethyl adjacent to an activating group) is 1. The van der Waals surface area contributed by atoms with Crippen LogP contribution in [-0.4, -0.2) is 23.7 Å². The van der Waals surface area contributed by atoms with Crippen molar-refractivity contribution in [1.82, 2.24) is 4.98 Å². The summed E-state index contributed by atoms with van der Waals surface area (Å²) in [5.41, 5.74) is 0.119. The number of alkyl halides is 3.